The summed E-state index contributed by atoms with van der Waals surface area (Å²) < 4.78 is 33.0. The molecule has 0 unspecified atom stereocenters. The molecule has 1 aromatic heterocycles. The van der Waals surface area contributed by atoms with Crippen molar-refractivity contribution in [1.29, 1.82) is 0 Å². The molecular weight excluding hydrogens is 448 g/mol. The quantitative estimate of drug-likeness (QED) is 0.519. The lowest BCUT2D eigenvalue weighted by atomic mass is 10.2. The third-order valence-electron chi connectivity index (χ3n) is 5.10. The number of carbonyl (C=O) groups excluding carboxylic acids is 1. The van der Waals surface area contributed by atoms with E-state index in [9.17, 15) is 13.2 Å². The van der Waals surface area contributed by atoms with Crippen molar-refractivity contribution in [1.82, 2.24) is 14.5 Å². The van der Waals surface area contributed by atoms with Gasteiger partial charge in [0.1, 0.15) is 0 Å². The minimum absolute atomic E-state index is 0.110. The number of amides is 1. The number of aromatic nitrogens is 2. The number of piperidine rings is 1. The van der Waals surface area contributed by atoms with E-state index in [1.807, 2.05) is 31.2 Å². The van der Waals surface area contributed by atoms with Gasteiger partial charge in [-0.1, -0.05) is 41.9 Å². The number of nitrogens with one attached hydrogen (secondary N) is 1. The van der Waals surface area contributed by atoms with E-state index < -0.39 is 10.0 Å². The molecule has 1 saturated heterocycles. The number of sulfonamides is 1. The van der Waals surface area contributed by atoms with E-state index >= 15 is 0 Å². The summed E-state index contributed by atoms with van der Waals surface area (Å²) in [5, 5.41) is 11.0. The summed E-state index contributed by atoms with van der Waals surface area (Å²) in [6.07, 6.45) is 2.80. The van der Waals surface area contributed by atoms with Crippen molar-refractivity contribution < 1.29 is 17.6 Å². The highest BCUT2D eigenvalue weighted by molar-refractivity contribution is 7.99. The van der Waals surface area contributed by atoms with Crippen LogP contribution in [-0.4, -0.2) is 47.7 Å². The topological polar surface area (TPSA) is 105 Å². The van der Waals surface area contributed by atoms with Gasteiger partial charge in [0.15, 0.2) is 0 Å². The normalized spacial score (nSPS) is 14.9. The minimum atomic E-state index is -3.55. The van der Waals surface area contributed by atoms with Crippen LogP contribution in [0.15, 0.2) is 63.1 Å². The van der Waals surface area contributed by atoms with Gasteiger partial charge in [-0.25, -0.2) is 8.42 Å². The van der Waals surface area contributed by atoms with Gasteiger partial charge in [0.2, 0.25) is 21.8 Å². The first kappa shape index (κ1) is 22.5. The Kier molecular flexibility index (Phi) is 6.92. The summed E-state index contributed by atoms with van der Waals surface area (Å²) in [6, 6.07) is 14.0. The van der Waals surface area contributed by atoms with Gasteiger partial charge in [-0.05, 0) is 50.1 Å². The van der Waals surface area contributed by atoms with Crippen LogP contribution in [-0.2, 0) is 14.8 Å². The third kappa shape index (κ3) is 5.37. The van der Waals surface area contributed by atoms with E-state index in [1.54, 1.807) is 24.3 Å². The molecule has 168 valence electrons. The Morgan fingerprint density at radius 1 is 1.09 bits per heavy atom. The summed E-state index contributed by atoms with van der Waals surface area (Å²) in [5.74, 6) is 0.133. The molecule has 1 fully saturated rings. The fraction of sp³-hybridized carbons (Fsp3) is 0.318. The van der Waals surface area contributed by atoms with Gasteiger partial charge in [-0.2, -0.15) is 4.31 Å². The van der Waals surface area contributed by atoms with Gasteiger partial charge in [-0.15, -0.1) is 10.2 Å². The highest BCUT2D eigenvalue weighted by Crippen LogP contribution is 2.27. The van der Waals surface area contributed by atoms with Crippen LogP contribution < -0.4 is 5.32 Å². The highest BCUT2D eigenvalue weighted by atomic mass is 32.2. The van der Waals surface area contributed by atoms with Crippen molar-refractivity contribution in [2.45, 2.75) is 36.3 Å². The number of carbonyl (C=O) groups is 1. The van der Waals surface area contributed by atoms with Crippen LogP contribution in [0.5, 0.6) is 0 Å². The Labute approximate surface area is 191 Å². The molecule has 10 heteroatoms. The van der Waals surface area contributed by atoms with Crippen LogP contribution in [0.3, 0.4) is 0 Å². The molecule has 32 heavy (non-hydrogen) atoms. The Balaban J connectivity index is 1.40. The summed E-state index contributed by atoms with van der Waals surface area (Å²) in [4.78, 5) is 12.4. The number of hydrogen-bond donors (Lipinski definition) is 1. The maximum absolute atomic E-state index is 12.9. The standard InChI is InChI=1S/C22H24N4O4S2/c1-16-8-10-18(11-9-16)23-20(27)15-31-22-25-24-21(30-22)17-6-5-7-19(14-17)32(28,29)26-12-3-2-4-13-26/h5-11,14H,2-4,12-13,15H2,1H3,(H,23,27). The van der Waals surface area contributed by atoms with Crippen molar-refractivity contribution in [2.75, 3.05) is 24.2 Å². The molecule has 0 atom stereocenters. The Morgan fingerprint density at radius 3 is 2.59 bits per heavy atom. The SMILES string of the molecule is Cc1ccc(NC(=O)CSc2nnc(-c3cccc(S(=O)(=O)N4CCCCC4)c3)o2)cc1. The van der Waals surface area contributed by atoms with E-state index in [0.717, 1.165) is 42.3 Å². The third-order valence-corrected chi connectivity index (χ3v) is 7.82. The van der Waals surface area contributed by atoms with E-state index in [0.29, 0.717) is 18.7 Å². The monoisotopic (exact) mass is 472 g/mol. The molecule has 2 heterocycles. The van der Waals surface area contributed by atoms with Crippen molar-refractivity contribution in [3.63, 3.8) is 0 Å². The van der Waals surface area contributed by atoms with Crippen LogP contribution in [0.4, 0.5) is 5.69 Å². The average molecular weight is 473 g/mol. The molecule has 1 aliphatic rings. The van der Waals surface area contributed by atoms with Gasteiger partial charge in [-0.3, -0.25) is 4.79 Å². The second-order valence-electron chi connectivity index (χ2n) is 7.57. The maximum atomic E-state index is 12.9. The molecule has 3 aromatic rings. The molecule has 0 radical (unpaired) electrons. The fourth-order valence-electron chi connectivity index (χ4n) is 3.39. The molecule has 8 nitrogen and oxygen atoms in total. The lowest BCUT2D eigenvalue weighted by Crippen LogP contribution is -2.35. The predicted molar refractivity (Wildman–Crippen MR) is 123 cm³/mol. The molecule has 1 aliphatic heterocycles. The molecular formula is C22H24N4O4S2. The Bertz CT molecular complexity index is 1190. The Morgan fingerprint density at radius 2 is 1.84 bits per heavy atom. The zero-order valence-electron chi connectivity index (χ0n) is 17.7. The molecule has 0 bridgehead atoms. The van der Waals surface area contributed by atoms with Crippen molar-refractivity contribution in [3.8, 4) is 11.5 Å². The van der Waals surface area contributed by atoms with Gasteiger partial charge in [0.25, 0.3) is 5.22 Å². The number of hydrogen-bond acceptors (Lipinski definition) is 7. The first-order valence-electron chi connectivity index (χ1n) is 10.4. The highest BCUT2D eigenvalue weighted by Gasteiger charge is 2.26. The zero-order valence-corrected chi connectivity index (χ0v) is 19.3. The average Bonchev–Trinajstić information content (AvgIpc) is 3.29. The fourth-order valence-corrected chi connectivity index (χ4v) is 5.52. The van der Waals surface area contributed by atoms with Gasteiger partial charge in [0, 0.05) is 24.3 Å². The first-order chi connectivity index (χ1) is 15.4. The summed E-state index contributed by atoms with van der Waals surface area (Å²) >= 11 is 1.12. The van der Waals surface area contributed by atoms with Gasteiger partial charge in [0.05, 0.1) is 10.6 Å². The number of anilines is 1. The second kappa shape index (κ2) is 9.85. The smallest absolute Gasteiger partial charge is 0.277 e. The summed E-state index contributed by atoms with van der Waals surface area (Å²) in [5.41, 5.74) is 2.36. The van der Waals surface area contributed by atoms with E-state index in [-0.39, 0.29) is 27.7 Å². The van der Waals surface area contributed by atoms with Crippen molar-refractivity contribution in [2.24, 2.45) is 0 Å². The molecule has 1 amide bonds. The van der Waals surface area contributed by atoms with Crippen LogP contribution in [0, 0.1) is 6.92 Å². The molecule has 0 saturated carbocycles. The van der Waals surface area contributed by atoms with Crippen molar-refractivity contribution in [3.05, 3.63) is 54.1 Å². The largest absolute Gasteiger partial charge is 0.411 e. The van der Waals surface area contributed by atoms with Crippen LogP contribution in [0.1, 0.15) is 24.8 Å². The van der Waals surface area contributed by atoms with Crippen LogP contribution >= 0.6 is 11.8 Å². The summed E-state index contributed by atoms with van der Waals surface area (Å²) in [6.45, 7) is 3.06. The van der Waals surface area contributed by atoms with Gasteiger partial charge >= 0.3 is 0 Å². The zero-order chi connectivity index (χ0) is 22.6. The Hall–Kier alpha value is -2.69. The number of nitrogens with zero attached hydrogens (tertiary/aromatic N) is 3. The number of benzene rings is 2. The van der Waals surface area contributed by atoms with E-state index in [4.69, 9.17) is 4.42 Å². The lowest BCUT2D eigenvalue weighted by Gasteiger charge is -2.25. The molecule has 4 rings (SSSR count). The van der Waals surface area contributed by atoms with Crippen molar-refractivity contribution >= 4 is 33.4 Å². The lowest BCUT2D eigenvalue weighted by molar-refractivity contribution is -0.113. The molecule has 2 aromatic carbocycles. The summed E-state index contributed by atoms with van der Waals surface area (Å²) in [7, 11) is -3.55. The number of rotatable bonds is 7. The number of thioether (sulfide) groups is 1. The van der Waals surface area contributed by atoms with E-state index in [1.165, 1.54) is 4.31 Å². The second-order valence-corrected chi connectivity index (χ2v) is 10.4. The molecule has 0 spiro atoms. The van der Waals surface area contributed by atoms with Gasteiger partial charge < -0.3 is 9.73 Å². The first-order valence-corrected chi connectivity index (χ1v) is 12.8. The maximum Gasteiger partial charge on any atom is 0.277 e. The minimum Gasteiger partial charge on any atom is -0.411 e. The van der Waals surface area contributed by atoms with E-state index in [2.05, 4.69) is 15.5 Å². The van der Waals surface area contributed by atoms with Crippen LogP contribution in [0.25, 0.3) is 11.5 Å². The number of aryl methyl sites for hydroxylation is 1. The molecule has 0 aliphatic carbocycles. The molecule has 1 N–H and O–H groups in total. The van der Waals surface area contributed by atoms with Crippen LogP contribution in [0.2, 0.25) is 0 Å². The predicted octanol–water partition coefficient (Wildman–Crippen LogP) is 3.95.